The van der Waals surface area contributed by atoms with Crippen LogP contribution in [0, 0.1) is 5.92 Å². The molecular weight excluding hydrogens is 284 g/mol. The van der Waals surface area contributed by atoms with Gasteiger partial charge in [-0.05, 0) is 38.5 Å². The molecule has 0 saturated heterocycles. The Labute approximate surface area is 130 Å². The molecule has 6 nitrogen and oxygen atoms in total. The highest BCUT2D eigenvalue weighted by molar-refractivity contribution is 6.02. The van der Waals surface area contributed by atoms with Crippen LogP contribution in [0.5, 0.6) is 11.5 Å². The maximum absolute atomic E-state index is 11.6. The maximum Gasteiger partial charge on any atom is 0.314 e. The van der Waals surface area contributed by atoms with Gasteiger partial charge < -0.3 is 14.6 Å². The van der Waals surface area contributed by atoms with Gasteiger partial charge in [-0.2, -0.15) is 5.10 Å². The Bertz CT molecular complexity index is 586. The smallest absolute Gasteiger partial charge is 0.314 e. The zero-order valence-electron chi connectivity index (χ0n) is 13.4. The van der Waals surface area contributed by atoms with Crippen LogP contribution in [0.2, 0.25) is 0 Å². The minimum absolute atomic E-state index is 0.340. The Balaban J connectivity index is 2.39. The molecule has 1 aromatic rings. The van der Waals surface area contributed by atoms with Crippen molar-refractivity contribution in [1.82, 2.24) is 5.01 Å². The van der Waals surface area contributed by atoms with Crippen molar-refractivity contribution in [3.05, 3.63) is 23.8 Å². The zero-order valence-corrected chi connectivity index (χ0v) is 13.4. The first-order chi connectivity index (χ1) is 10.5. The van der Waals surface area contributed by atoms with Crippen LogP contribution in [0.3, 0.4) is 0 Å². The first-order valence-corrected chi connectivity index (χ1v) is 7.39. The van der Waals surface area contributed by atoms with E-state index in [9.17, 15) is 9.90 Å². The Morgan fingerprint density at radius 1 is 1.27 bits per heavy atom. The fourth-order valence-corrected chi connectivity index (χ4v) is 2.79. The third kappa shape index (κ3) is 3.00. The first-order valence-electron chi connectivity index (χ1n) is 7.39. The lowest BCUT2D eigenvalue weighted by Crippen LogP contribution is -2.28. The van der Waals surface area contributed by atoms with Gasteiger partial charge in [-0.25, -0.2) is 0 Å². The summed E-state index contributed by atoms with van der Waals surface area (Å²) in [6.45, 7) is 6.61. The molecule has 6 heteroatoms. The number of hydrogen-bond acceptors (Lipinski definition) is 5. The van der Waals surface area contributed by atoms with E-state index in [0.717, 1.165) is 5.56 Å². The monoisotopic (exact) mass is 306 g/mol. The summed E-state index contributed by atoms with van der Waals surface area (Å²) in [5.74, 6) is -0.234. The third-order valence-corrected chi connectivity index (χ3v) is 3.66. The largest absolute Gasteiger partial charge is 0.490 e. The third-order valence-electron chi connectivity index (χ3n) is 3.66. The van der Waals surface area contributed by atoms with Gasteiger partial charge in [0, 0.05) is 7.05 Å². The molecule has 0 bridgehead atoms. The van der Waals surface area contributed by atoms with Crippen LogP contribution >= 0.6 is 0 Å². The molecule has 1 aliphatic rings. The Morgan fingerprint density at radius 3 is 2.50 bits per heavy atom. The predicted molar refractivity (Wildman–Crippen MR) is 83.5 cm³/mol. The minimum Gasteiger partial charge on any atom is -0.490 e. The van der Waals surface area contributed by atoms with E-state index in [1.54, 1.807) is 19.0 Å². The second-order valence-electron chi connectivity index (χ2n) is 5.15. The summed E-state index contributed by atoms with van der Waals surface area (Å²) in [5.41, 5.74) is 1.45. The van der Waals surface area contributed by atoms with Gasteiger partial charge in [0.2, 0.25) is 0 Å². The Hall–Kier alpha value is -2.24. The molecule has 22 heavy (non-hydrogen) atoms. The molecule has 2 atom stereocenters. The standard InChI is InChI=1S/C16H22N2O4/c1-5-21-12-8-7-11(9-13(12)22-6-2)15-14(16(19)20)10(3)17-18(15)4/h7-9,14-15H,5-6H2,1-4H3,(H,19,20). The Morgan fingerprint density at radius 2 is 1.91 bits per heavy atom. The lowest BCUT2D eigenvalue weighted by atomic mass is 9.90. The van der Waals surface area contributed by atoms with Crippen molar-refractivity contribution in [2.45, 2.75) is 26.8 Å². The first kappa shape index (κ1) is 16.1. The number of hydrazone groups is 1. The lowest BCUT2D eigenvalue weighted by molar-refractivity contribution is -0.140. The number of carbonyl (C=O) groups is 1. The molecule has 2 unspecified atom stereocenters. The number of aliphatic carboxylic acids is 1. The van der Waals surface area contributed by atoms with E-state index >= 15 is 0 Å². The van der Waals surface area contributed by atoms with E-state index < -0.39 is 11.9 Å². The molecule has 1 aromatic carbocycles. The number of nitrogens with zero attached hydrogens (tertiary/aromatic N) is 2. The van der Waals surface area contributed by atoms with Crippen LogP contribution in [0.1, 0.15) is 32.4 Å². The maximum atomic E-state index is 11.6. The summed E-state index contributed by atoms with van der Waals surface area (Å²) in [7, 11) is 1.79. The van der Waals surface area contributed by atoms with E-state index in [1.165, 1.54) is 0 Å². The van der Waals surface area contributed by atoms with Gasteiger partial charge >= 0.3 is 5.97 Å². The average Bonchev–Trinajstić information content (AvgIpc) is 2.76. The number of carboxylic acids is 1. The quantitative estimate of drug-likeness (QED) is 0.874. The van der Waals surface area contributed by atoms with Crippen molar-refractivity contribution in [3.63, 3.8) is 0 Å². The van der Waals surface area contributed by atoms with Crippen molar-refractivity contribution in [2.24, 2.45) is 11.0 Å². The number of carboxylic acid groups (broad SMARTS) is 1. The van der Waals surface area contributed by atoms with Crippen molar-refractivity contribution < 1.29 is 19.4 Å². The van der Waals surface area contributed by atoms with Crippen molar-refractivity contribution >= 4 is 11.7 Å². The van der Waals surface area contributed by atoms with Gasteiger partial charge in [0.05, 0.1) is 25.0 Å². The second-order valence-corrected chi connectivity index (χ2v) is 5.15. The Kier molecular flexibility index (Phi) is 4.90. The van der Waals surface area contributed by atoms with Crippen LogP contribution in [0.15, 0.2) is 23.3 Å². The molecule has 0 amide bonds. The highest BCUT2D eigenvalue weighted by atomic mass is 16.5. The fourth-order valence-electron chi connectivity index (χ4n) is 2.79. The van der Waals surface area contributed by atoms with E-state index in [2.05, 4.69) is 5.10 Å². The molecule has 120 valence electrons. The molecule has 0 fully saturated rings. The SMILES string of the molecule is CCOc1ccc(C2C(C(=O)O)C(C)=NN2C)cc1OCC. The van der Waals surface area contributed by atoms with Gasteiger partial charge in [0.25, 0.3) is 0 Å². The summed E-state index contributed by atoms with van der Waals surface area (Å²) >= 11 is 0. The van der Waals surface area contributed by atoms with E-state index in [1.807, 2.05) is 32.0 Å². The van der Waals surface area contributed by atoms with Crippen LogP contribution in [-0.4, -0.2) is 42.1 Å². The summed E-state index contributed by atoms with van der Waals surface area (Å²) in [6.07, 6.45) is 0. The van der Waals surface area contributed by atoms with Crippen molar-refractivity contribution in [3.8, 4) is 11.5 Å². The van der Waals surface area contributed by atoms with Crippen LogP contribution in [0.25, 0.3) is 0 Å². The van der Waals surface area contributed by atoms with E-state index in [-0.39, 0.29) is 6.04 Å². The molecule has 0 aliphatic carbocycles. The number of benzene rings is 1. The van der Waals surface area contributed by atoms with Crippen molar-refractivity contribution in [1.29, 1.82) is 0 Å². The molecule has 0 radical (unpaired) electrons. The van der Waals surface area contributed by atoms with E-state index in [0.29, 0.717) is 30.4 Å². The van der Waals surface area contributed by atoms with Crippen LogP contribution in [-0.2, 0) is 4.79 Å². The van der Waals surface area contributed by atoms with Gasteiger partial charge in [0.1, 0.15) is 5.92 Å². The minimum atomic E-state index is -0.873. The predicted octanol–water partition coefficient (Wildman–Crippen LogP) is 2.55. The molecular formula is C16H22N2O4. The molecule has 0 aromatic heterocycles. The highest BCUT2D eigenvalue weighted by Gasteiger charge is 2.40. The molecule has 2 rings (SSSR count). The highest BCUT2D eigenvalue weighted by Crippen LogP contribution is 2.38. The molecule has 1 N–H and O–H groups in total. The molecule has 0 saturated carbocycles. The number of ether oxygens (including phenoxy) is 2. The molecule has 1 aliphatic heterocycles. The topological polar surface area (TPSA) is 71.4 Å². The fraction of sp³-hybridized carbons (Fsp3) is 0.500. The summed E-state index contributed by atoms with van der Waals surface area (Å²) in [5, 5.41) is 15.5. The summed E-state index contributed by atoms with van der Waals surface area (Å²) < 4.78 is 11.2. The normalized spacial score (nSPS) is 20.7. The van der Waals surface area contributed by atoms with Gasteiger partial charge in [0.15, 0.2) is 11.5 Å². The second kappa shape index (κ2) is 6.68. The van der Waals surface area contributed by atoms with Gasteiger partial charge in [-0.15, -0.1) is 0 Å². The van der Waals surface area contributed by atoms with Crippen LogP contribution in [0.4, 0.5) is 0 Å². The van der Waals surface area contributed by atoms with Crippen molar-refractivity contribution in [2.75, 3.05) is 20.3 Å². The lowest BCUT2D eigenvalue weighted by Gasteiger charge is -2.24. The molecule has 1 heterocycles. The van der Waals surface area contributed by atoms with E-state index in [4.69, 9.17) is 9.47 Å². The summed E-state index contributed by atoms with van der Waals surface area (Å²) in [6, 6.07) is 5.20. The zero-order chi connectivity index (χ0) is 16.3. The number of hydrogen-bond donors (Lipinski definition) is 1. The van der Waals surface area contributed by atoms with Gasteiger partial charge in [-0.3, -0.25) is 9.80 Å². The number of rotatable bonds is 6. The molecule has 0 spiro atoms. The van der Waals surface area contributed by atoms with Gasteiger partial charge in [-0.1, -0.05) is 6.07 Å². The summed E-state index contributed by atoms with van der Waals surface area (Å²) in [4.78, 5) is 11.6. The van der Waals surface area contributed by atoms with Crippen LogP contribution < -0.4 is 9.47 Å². The average molecular weight is 306 g/mol.